The van der Waals surface area contributed by atoms with E-state index in [4.69, 9.17) is 4.52 Å². The Balaban J connectivity index is 1.67. The zero-order chi connectivity index (χ0) is 16.4. The molecule has 0 aliphatic carbocycles. The lowest BCUT2D eigenvalue weighted by Gasteiger charge is -2.33. The number of hydrogen-bond acceptors (Lipinski definition) is 5. The number of aryl methyl sites for hydroxylation is 1. The molecule has 0 bridgehead atoms. The van der Waals surface area contributed by atoms with E-state index in [9.17, 15) is 12.8 Å². The van der Waals surface area contributed by atoms with Crippen molar-refractivity contribution >= 4 is 10.0 Å². The molecule has 2 aromatic rings. The molecule has 1 aliphatic heterocycles. The molecule has 23 heavy (non-hydrogen) atoms. The number of aromatic nitrogens is 1. The molecule has 0 saturated carbocycles. The van der Waals surface area contributed by atoms with E-state index in [0.29, 0.717) is 38.3 Å². The first-order valence-electron chi connectivity index (χ1n) is 7.35. The first-order chi connectivity index (χ1) is 11.0. The molecule has 0 radical (unpaired) electrons. The van der Waals surface area contributed by atoms with E-state index in [1.165, 1.54) is 22.5 Å². The monoisotopic (exact) mass is 339 g/mol. The van der Waals surface area contributed by atoms with Crippen molar-refractivity contribution in [2.75, 3.05) is 26.2 Å². The summed E-state index contributed by atoms with van der Waals surface area (Å²) in [5.74, 6) is 0.358. The van der Waals surface area contributed by atoms with Crippen molar-refractivity contribution in [1.29, 1.82) is 0 Å². The molecule has 0 N–H and O–H groups in total. The Morgan fingerprint density at radius 2 is 1.96 bits per heavy atom. The fraction of sp³-hybridized carbons (Fsp3) is 0.400. The minimum Gasteiger partial charge on any atom is -0.360 e. The van der Waals surface area contributed by atoms with Crippen LogP contribution in [0.1, 0.15) is 11.3 Å². The molecule has 0 unspecified atom stereocenters. The first-order valence-corrected chi connectivity index (χ1v) is 8.79. The second kappa shape index (κ2) is 6.38. The summed E-state index contributed by atoms with van der Waals surface area (Å²) in [4.78, 5) is 2.25. The number of sulfonamides is 1. The van der Waals surface area contributed by atoms with Crippen LogP contribution in [-0.4, -0.2) is 49.0 Å². The molecule has 2 heterocycles. The van der Waals surface area contributed by atoms with E-state index >= 15 is 0 Å². The summed E-state index contributed by atoms with van der Waals surface area (Å²) >= 11 is 0. The molecule has 0 atom stereocenters. The Kier molecular flexibility index (Phi) is 4.47. The van der Waals surface area contributed by atoms with Crippen LogP contribution in [0.15, 0.2) is 39.9 Å². The Morgan fingerprint density at radius 1 is 1.22 bits per heavy atom. The molecule has 1 aromatic carbocycles. The zero-order valence-corrected chi connectivity index (χ0v) is 13.6. The van der Waals surface area contributed by atoms with Crippen LogP contribution >= 0.6 is 0 Å². The van der Waals surface area contributed by atoms with Crippen molar-refractivity contribution in [2.45, 2.75) is 18.4 Å². The molecule has 6 nitrogen and oxygen atoms in total. The normalized spacial score (nSPS) is 17.5. The van der Waals surface area contributed by atoms with Crippen LogP contribution in [0.5, 0.6) is 0 Å². The zero-order valence-electron chi connectivity index (χ0n) is 12.8. The molecule has 1 aromatic heterocycles. The van der Waals surface area contributed by atoms with Crippen molar-refractivity contribution in [3.05, 3.63) is 47.6 Å². The van der Waals surface area contributed by atoms with Crippen molar-refractivity contribution < 1.29 is 17.3 Å². The Hall–Kier alpha value is -1.77. The molecule has 1 saturated heterocycles. The lowest BCUT2D eigenvalue weighted by molar-refractivity contribution is 0.166. The average molecular weight is 339 g/mol. The first kappa shape index (κ1) is 16.1. The predicted octanol–water partition coefficient (Wildman–Crippen LogP) is 1.63. The largest absolute Gasteiger partial charge is 0.360 e. The number of piperazine rings is 1. The van der Waals surface area contributed by atoms with Crippen molar-refractivity contribution in [1.82, 2.24) is 14.4 Å². The fourth-order valence-corrected chi connectivity index (χ4v) is 4.11. The maximum Gasteiger partial charge on any atom is 0.243 e. The molecule has 124 valence electrons. The number of benzene rings is 1. The molecular weight excluding hydrogens is 321 g/mol. The van der Waals surface area contributed by atoms with Gasteiger partial charge in [0, 0.05) is 32.2 Å². The molecular formula is C15H18FN3O3S. The van der Waals surface area contributed by atoms with Gasteiger partial charge in [-0.05, 0) is 30.7 Å². The Bertz CT molecular complexity index is 769. The van der Waals surface area contributed by atoms with Crippen molar-refractivity contribution in [3.8, 4) is 0 Å². The van der Waals surface area contributed by atoms with E-state index in [2.05, 4.69) is 10.1 Å². The van der Waals surface area contributed by atoms with E-state index in [0.717, 1.165) is 5.76 Å². The number of nitrogens with zero attached hydrogens (tertiary/aromatic N) is 3. The minimum absolute atomic E-state index is 0.139. The van der Waals surface area contributed by atoms with Gasteiger partial charge in [0.1, 0.15) is 5.82 Å². The molecule has 1 aliphatic rings. The highest BCUT2D eigenvalue weighted by atomic mass is 32.2. The molecule has 0 amide bonds. The third kappa shape index (κ3) is 3.44. The van der Waals surface area contributed by atoms with Crippen LogP contribution in [0, 0.1) is 12.7 Å². The lowest BCUT2D eigenvalue weighted by Crippen LogP contribution is -2.48. The summed E-state index contributed by atoms with van der Waals surface area (Å²) in [7, 11) is -3.58. The van der Waals surface area contributed by atoms with Crippen LogP contribution in [-0.2, 0) is 16.6 Å². The third-order valence-corrected chi connectivity index (χ3v) is 5.86. The third-order valence-electron chi connectivity index (χ3n) is 3.97. The topological polar surface area (TPSA) is 66.7 Å². The van der Waals surface area contributed by atoms with Crippen LogP contribution in [0.4, 0.5) is 4.39 Å². The Labute approximate surface area is 134 Å². The van der Waals surface area contributed by atoms with E-state index in [-0.39, 0.29) is 4.90 Å². The lowest BCUT2D eigenvalue weighted by atomic mass is 10.2. The number of rotatable bonds is 4. The molecule has 8 heteroatoms. The van der Waals surface area contributed by atoms with Crippen LogP contribution < -0.4 is 0 Å². The van der Waals surface area contributed by atoms with Crippen LogP contribution in [0.2, 0.25) is 0 Å². The van der Waals surface area contributed by atoms with Gasteiger partial charge >= 0.3 is 0 Å². The summed E-state index contributed by atoms with van der Waals surface area (Å²) < 4.78 is 45.1. The Morgan fingerprint density at radius 3 is 2.57 bits per heavy atom. The van der Waals surface area contributed by atoms with Gasteiger partial charge in [0.2, 0.25) is 10.0 Å². The van der Waals surface area contributed by atoms with Gasteiger partial charge in [0.15, 0.2) is 5.76 Å². The number of halogens is 1. The molecule has 0 spiro atoms. The molecule has 3 rings (SSSR count). The maximum atomic E-state index is 13.3. The highest BCUT2D eigenvalue weighted by molar-refractivity contribution is 7.89. The van der Waals surface area contributed by atoms with Gasteiger partial charge in [0.05, 0.1) is 17.6 Å². The highest BCUT2D eigenvalue weighted by Gasteiger charge is 2.29. The standard InChI is InChI=1S/C15H18FN3O3S/c1-12-10-14(2-3-15(12)16)23(20,21)19-8-6-18(7-9-19)11-13-4-5-17-22-13/h2-5,10H,6-9,11H2,1H3. The smallest absolute Gasteiger partial charge is 0.243 e. The highest BCUT2D eigenvalue weighted by Crippen LogP contribution is 2.20. The van der Waals surface area contributed by atoms with Crippen molar-refractivity contribution in [2.24, 2.45) is 0 Å². The van der Waals surface area contributed by atoms with Crippen molar-refractivity contribution in [3.63, 3.8) is 0 Å². The van der Waals surface area contributed by atoms with Gasteiger partial charge in [-0.1, -0.05) is 5.16 Å². The predicted molar refractivity (Wildman–Crippen MR) is 81.7 cm³/mol. The molecule has 1 fully saturated rings. The summed E-state index contributed by atoms with van der Waals surface area (Å²) in [5.41, 5.74) is 0.329. The second-order valence-electron chi connectivity index (χ2n) is 5.57. The van der Waals surface area contributed by atoms with Gasteiger partial charge < -0.3 is 4.52 Å². The van der Waals surface area contributed by atoms with Gasteiger partial charge in [-0.15, -0.1) is 0 Å². The summed E-state index contributed by atoms with van der Waals surface area (Å²) in [6.45, 7) is 4.19. The second-order valence-corrected chi connectivity index (χ2v) is 7.51. The summed E-state index contributed by atoms with van der Waals surface area (Å²) in [6.07, 6.45) is 1.59. The van der Waals surface area contributed by atoms with Gasteiger partial charge in [0.25, 0.3) is 0 Å². The van der Waals surface area contributed by atoms with Crippen LogP contribution in [0.3, 0.4) is 0 Å². The SMILES string of the molecule is Cc1cc(S(=O)(=O)N2CCN(Cc3ccno3)CC2)ccc1F. The average Bonchev–Trinajstić information content (AvgIpc) is 3.03. The number of hydrogen-bond donors (Lipinski definition) is 0. The van der Waals surface area contributed by atoms with Gasteiger partial charge in [-0.2, -0.15) is 4.31 Å². The summed E-state index contributed by atoms with van der Waals surface area (Å²) in [6, 6.07) is 5.69. The van der Waals surface area contributed by atoms with Gasteiger partial charge in [-0.3, -0.25) is 4.90 Å². The van der Waals surface area contributed by atoms with E-state index < -0.39 is 15.8 Å². The minimum atomic E-state index is -3.58. The van der Waals surface area contributed by atoms with E-state index in [1.807, 2.05) is 0 Å². The van der Waals surface area contributed by atoms with Gasteiger partial charge in [-0.25, -0.2) is 12.8 Å². The fourth-order valence-electron chi connectivity index (χ4n) is 2.60. The quantitative estimate of drug-likeness (QED) is 0.847. The summed E-state index contributed by atoms with van der Waals surface area (Å²) in [5, 5.41) is 3.66. The van der Waals surface area contributed by atoms with E-state index in [1.54, 1.807) is 19.2 Å². The maximum absolute atomic E-state index is 13.3. The van der Waals surface area contributed by atoms with Crippen LogP contribution in [0.25, 0.3) is 0 Å².